The van der Waals surface area contributed by atoms with E-state index >= 15 is 0 Å². The number of rotatable bonds is 5. The van der Waals surface area contributed by atoms with Crippen LogP contribution in [-0.4, -0.2) is 38.0 Å². The number of hydrogen-bond acceptors (Lipinski definition) is 7. The second-order valence-electron chi connectivity index (χ2n) is 4.89. The lowest BCUT2D eigenvalue weighted by Gasteiger charge is -2.10. The Bertz CT molecular complexity index is 785. The maximum atomic E-state index is 5.99. The summed E-state index contributed by atoms with van der Waals surface area (Å²) in [5.74, 6) is 0.969. The number of aromatic nitrogens is 5. The van der Waals surface area contributed by atoms with Crippen molar-refractivity contribution in [1.82, 2.24) is 25.4 Å². The molecule has 0 aliphatic heterocycles. The highest BCUT2D eigenvalue weighted by Crippen LogP contribution is 2.23. The first-order chi connectivity index (χ1) is 10.6. The fraction of sp³-hybridized carbons (Fsp3) is 0.231. The summed E-state index contributed by atoms with van der Waals surface area (Å²) < 4.78 is 0. The fourth-order valence-electron chi connectivity index (χ4n) is 1.87. The van der Waals surface area contributed by atoms with Crippen LogP contribution in [0.2, 0.25) is 5.02 Å². The molecule has 0 fully saturated rings. The first-order valence-corrected chi connectivity index (χ1v) is 7.10. The molecule has 0 saturated heterocycles. The molecule has 0 radical (unpaired) electrons. The second-order valence-corrected chi connectivity index (χ2v) is 5.32. The molecule has 0 aliphatic rings. The van der Waals surface area contributed by atoms with E-state index in [2.05, 4.69) is 36.0 Å². The zero-order valence-corrected chi connectivity index (χ0v) is 12.6. The third kappa shape index (κ3) is 3.23. The van der Waals surface area contributed by atoms with Gasteiger partial charge < -0.3 is 16.4 Å². The monoisotopic (exact) mass is 318 g/mol. The van der Waals surface area contributed by atoms with Crippen molar-refractivity contribution < 1.29 is 0 Å². The molecule has 22 heavy (non-hydrogen) atoms. The van der Waals surface area contributed by atoms with E-state index < -0.39 is 0 Å². The van der Waals surface area contributed by atoms with E-state index in [-0.39, 0.29) is 6.04 Å². The Morgan fingerprint density at radius 3 is 2.95 bits per heavy atom. The van der Waals surface area contributed by atoms with Gasteiger partial charge >= 0.3 is 0 Å². The molecule has 5 N–H and O–H groups in total. The van der Waals surface area contributed by atoms with E-state index in [0.29, 0.717) is 34.5 Å². The van der Waals surface area contributed by atoms with Crippen LogP contribution >= 0.6 is 11.6 Å². The van der Waals surface area contributed by atoms with E-state index in [0.717, 1.165) is 5.69 Å². The molecule has 8 nitrogen and oxygen atoms in total. The number of benzene rings is 1. The average Bonchev–Trinajstić information content (AvgIpc) is 2.94. The van der Waals surface area contributed by atoms with Gasteiger partial charge in [-0.3, -0.25) is 0 Å². The molecular formula is C13H15ClN8. The van der Waals surface area contributed by atoms with Gasteiger partial charge in [-0.15, -0.1) is 5.10 Å². The van der Waals surface area contributed by atoms with Crippen molar-refractivity contribution in [2.24, 2.45) is 5.73 Å². The van der Waals surface area contributed by atoms with Crippen molar-refractivity contribution >= 4 is 40.2 Å². The lowest BCUT2D eigenvalue weighted by Crippen LogP contribution is -2.26. The van der Waals surface area contributed by atoms with Crippen LogP contribution < -0.4 is 16.4 Å². The maximum Gasteiger partial charge on any atom is 0.226 e. The highest BCUT2D eigenvalue weighted by atomic mass is 35.5. The standard InChI is InChI=1S/C13H15ClN8/c1-7(15)6-16-13-18-11(10-12(19-13)21-22-20-10)17-9-4-2-3-8(14)5-9/h2-5,7H,6,15H2,1H3,(H3,16,17,18,19,20,21,22). The Labute approximate surface area is 131 Å². The Kier molecular flexibility index (Phi) is 4.03. The molecule has 0 amide bonds. The number of aromatic amines is 1. The van der Waals surface area contributed by atoms with Crippen molar-refractivity contribution in [3.05, 3.63) is 29.3 Å². The summed E-state index contributed by atoms with van der Waals surface area (Å²) in [6, 6.07) is 7.32. The van der Waals surface area contributed by atoms with Crippen LogP contribution in [0.15, 0.2) is 24.3 Å². The van der Waals surface area contributed by atoms with Crippen molar-refractivity contribution in [2.45, 2.75) is 13.0 Å². The lowest BCUT2D eigenvalue weighted by atomic mass is 10.3. The van der Waals surface area contributed by atoms with Crippen LogP contribution in [0.3, 0.4) is 0 Å². The van der Waals surface area contributed by atoms with Crippen LogP contribution in [0, 0.1) is 0 Å². The third-order valence-electron chi connectivity index (χ3n) is 2.85. The average molecular weight is 319 g/mol. The second kappa shape index (κ2) is 6.12. The molecule has 0 spiro atoms. The zero-order valence-electron chi connectivity index (χ0n) is 11.8. The lowest BCUT2D eigenvalue weighted by molar-refractivity contribution is 0.774. The molecule has 0 saturated carbocycles. The summed E-state index contributed by atoms with van der Waals surface area (Å²) in [6.45, 7) is 2.45. The molecule has 2 aromatic heterocycles. The smallest absolute Gasteiger partial charge is 0.226 e. The molecular weight excluding hydrogens is 304 g/mol. The first-order valence-electron chi connectivity index (χ1n) is 6.72. The molecule has 3 aromatic rings. The number of nitrogens with one attached hydrogen (secondary N) is 3. The normalized spacial score (nSPS) is 12.3. The summed E-state index contributed by atoms with van der Waals surface area (Å²) in [4.78, 5) is 8.69. The third-order valence-corrected chi connectivity index (χ3v) is 3.09. The highest BCUT2D eigenvalue weighted by molar-refractivity contribution is 6.30. The van der Waals surface area contributed by atoms with Crippen molar-refractivity contribution in [1.29, 1.82) is 0 Å². The topological polar surface area (TPSA) is 117 Å². The van der Waals surface area contributed by atoms with Crippen molar-refractivity contribution in [3.8, 4) is 0 Å². The quantitative estimate of drug-likeness (QED) is 0.567. The van der Waals surface area contributed by atoms with E-state index in [1.807, 2.05) is 19.1 Å². The predicted octanol–water partition coefficient (Wildman–Crippen LogP) is 1.90. The summed E-state index contributed by atoms with van der Waals surface area (Å²) >= 11 is 5.99. The largest absolute Gasteiger partial charge is 0.353 e. The van der Waals surface area contributed by atoms with Gasteiger partial charge in [0.1, 0.15) is 0 Å². The Balaban J connectivity index is 1.94. The van der Waals surface area contributed by atoms with Crippen molar-refractivity contribution in [3.63, 3.8) is 0 Å². The van der Waals surface area contributed by atoms with E-state index in [9.17, 15) is 0 Å². The van der Waals surface area contributed by atoms with Gasteiger partial charge in [0.25, 0.3) is 0 Å². The number of nitrogens with two attached hydrogens (primary N) is 1. The van der Waals surface area contributed by atoms with Gasteiger partial charge in [0.15, 0.2) is 11.3 Å². The van der Waals surface area contributed by atoms with Gasteiger partial charge in [0.05, 0.1) is 0 Å². The van der Waals surface area contributed by atoms with Crippen LogP contribution in [0.25, 0.3) is 11.2 Å². The van der Waals surface area contributed by atoms with Gasteiger partial charge in [-0.1, -0.05) is 17.7 Å². The maximum absolute atomic E-state index is 5.99. The molecule has 114 valence electrons. The predicted molar refractivity (Wildman–Crippen MR) is 86.4 cm³/mol. The summed E-state index contributed by atoms with van der Waals surface area (Å²) in [6.07, 6.45) is 0. The van der Waals surface area contributed by atoms with E-state index in [1.165, 1.54) is 0 Å². The summed E-state index contributed by atoms with van der Waals surface area (Å²) in [5.41, 5.74) is 7.54. The molecule has 2 heterocycles. The molecule has 9 heteroatoms. The Morgan fingerprint density at radius 2 is 2.18 bits per heavy atom. The molecule has 1 unspecified atom stereocenters. The number of H-pyrrole nitrogens is 1. The number of anilines is 3. The SMILES string of the molecule is CC(N)CNc1nc(Nc2cccc(Cl)c2)c2n[nH]nc2n1. The van der Waals surface area contributed by atoms with Crippen LogP contribution in [0.5, 0.6) is 0 Å². The molecule has 1 aromatic carbocycles. The van der Waals surface area contributed by atoms with Crippen molar-refractivity contribution in [2.75, 3.05) is 17.2 Å². The van der Waals surface area contributed by atoms with Gasteiger partial charge in [0.2, 0.25) is 11.6 Å². The number of hydrogen-bond donors (Lipinski definition) is 4. The summed E-state index contributed by atoms with van der Waals surface area (Å²) in [5, 5.41) is 17.5. The summed E-state index contributed by atoms with van der Waals surface area (Å²) in [7, 11) is 0. The van der Waals surface area contributed by atoms with Gasteiger partial charge in [-0.25, -0.2) is 0 Å². The van der Waals surface area contributed by atoms with Crippen LogP contribution in [-0.2, 0) is 0 Å². The van der Waals surface area contributed by atoms with Gasteiger partial charge in [0, 0.05) is 23.3 Å². The minimum absolute atomic E-state index is 0.0130. The van der Waals surface area contributed by atoms with E-state index in [4.69, 9.17) is 17.3 Å². The highest BCUT2D eigenvalue weighted by Gasteiger charge is 2.12. The minimum atomic E-state index is -0.0130. The molecule has 3 rings (SSSR count). The Hall–Kier alpha value is -2.45. The molecule has 1 atom stereocenters. The zero-order chi connectivity index (χ0) is 15.5. The van der Waals surface area contributed by atoms with E-state index in [1.54, 1.807) is 12.1 Å². The number of halogens is 1. The van der Waals surface area contributed by atoms with Crippen LogP contribution in [0.1, 0.15) is 6.92 Å². The van der Waals surface area contributed by atoms with Crippen LogP contribution in [0.4, 0.5) is 17.5 Å². The molecule has 0 bridgehead atoms. The number of fused-ring (bicyclic) bond motifs is 1. The molecule has 0 aliphatic carbocycles. The minimum Gasteiger partial charge on any atom is -0.353 e. The first kappa shape index (κ1) is 14.5. The van der Waals surface area contributed by atoms with Gasteiger partial charge in [-0.05, 0) is 25.1 Å². The Morgan fingerprint density at radius 1 is 1.32 bits per heavy atom. The fourth-order valence-corrected chi connectivity index (χ4v) is 2.06. The van der Waals surface area contributed by atoms with Gasteiger partial charge in [-0.2, -0.15) is 20.3 Å². The number of nitrogens with zero attached hydrogens (tertiary/aromatic N) is 4.